The molecule has 0 unspecified atom stereocenters. The summed E-state index contributed by atoms with van der Waals surface area (Å²) in [6.07, 6.45) is 0. The fraction of sp³-hybridized carbons (Fsp3) is 0.182. The van der Waals surface area contributed by atoms with Crippen molar-refractivity contribution in [1.29, 1.82) is 0 Å². The summed E-state index contributed by atoms with van der Waals surface area (Å²) in [7, 11) is 0. The lowest BCUT2D eigenvalue weighted by molar-refractivity contribution is 0.0740. The van der Waals surface area contributed by atoms with Crippen LogP contribution in [0.4, 0.5) is 8.78 Å². The molecule has 10 heteroatoms. The number of rotatable bonds is 4. The number of nitrogens with zero attached hydrogens (tertiary/aromatic N) is 1. The normalized spacial score (nSPS) is 13.4. The van der Waals surface area contributed by atoms with E-state index < -0.39 is 22.5 Å². The first kappa shape index (κ1) is 23.1. The molecule has 32 heavy (non-hydrogen) atoms. The standard InChI is InChI=1S/C22H15Cl3F2N2O2S/c1-11-5-6-12-9-29(10-13(12)7-11)21(31)18-16(8-17(22(25,26)27)28-20(18)30)32-19-14(23)3-2-4-15(19)24/h2-8H,9-10H2,1H3,(H,28,30). The monoisotopic (exact) mass is 514 g/mol. The van der Waals surface area contributed by atoms with Gasteiger partial charge in [-0.2, -0.15) is 8.78 Å². The Morgan fingerprint density at radius 2 is 1.75 bits per heavy atom. The third-order valence-electron chi connectivity index (χ3n) is 5.02. The summed E-state index contributed by atoms with van der Waals surface area (Å²) in [4.78, 5) is 30.0. The van der Waals surface area contributed by atoms with Crippen molar-refractivity contribution >= 4 is 52.5 Å². The minimum absolute atomic E-state index is 0.0174. The third-order valence-corrected chi connectivity index (χ3v) is 7.26. The number of carbonyl (C=O) groups is 1. The zero-order valence-electron chi connectivity index (χ0n) is 16.5. The molecular formula is C22H15Cl3F2N2O2S. The second-order valence-corrected chi connectivity index (χ2v) is 9.68. The summed E-state index contributed by atoms with van der Waals surface area (Å²) in [6.45, 7) is 2.56. The first-order chi connectivity index (χ1) is 15.0. The van der Waals surface area contributed by atoms with Crippen LogP contribution in [0.15, 0.2) is 57.1 Å². The molecule has 166 valence electrons. The summed E-state index contributed by atoms with van der Waals surface area (Å²) in [5, 5.41) is -3.32. The van der Waals surface area contributed by atoms with E-state index in [0.717, 1.165) is 34.5 Å². The van der Waals surface area contributed by atoms with Gasteiger partial charge in [0, 0.05) is 22.9 Å². The number of H-pyrrole nitrogens is 1. The maximum Gasteiger partial charge on any atom is 0.362 e. The van der Waals surface area contributed by atoms with E-state index in [1.807, 2.05) is 30.1 Å². The SMILES string of the molecule is Cc1ccc2c(c1)CN(C(=O)c1c(Sc3c(Cl)cccc3Cl)cc(C(F)(F)Cl)[nH]c1=O)C2. The molecule has 3 aromatic rings. The molecule has 4 nitrogen and oxygen atoms in total. The van der Waals surface area contributed by atoms with Crippen molar-refractivity contribution in [3.8, 4) is 0 Å². The lowest BCUT2D eigenvalue weighted by atomic mass is 10.1. The number of pyridine rings is 1. The van der Waals surface area contributed by atoms with Crippen LogP contribution in [0.5, 0.6) is 0 Å². The van der Waals surface area contributed by atoms with Crippen molar-refractivity contribution in [3.05, 3.63) is 90.8 Å². The zero-order valence-corrected chi connectivity index (χ0v) is 19.6. The van der Waals surface area contributed by atoms with Crippen LogP contribution in [0, 0.1) is 6.92 Å². The summed E-state index contributed by atoms with van der Waals surface area (Å²) in [6, 6.07) is 11.6. The van der Waals surface area contributed by atoms with Crippen LogP contribution in [0.25, 0.3) is 0 Å². The van der Waals surface area contributed by atoms with Gasteiger partial charge in [0.25, 0.3) is 11.5 Å². The van der Waals surface area contributed by atoms with E-state index in [0.29, 0.717) is 18.0 Å². The second-order valence-electron chi connectivity index (χ2n) is 7.34. The summed E-state index contributed by atoms with van der Waals surface area (Å²) >= 11 is 18.5. The minimum atomic E-state index is -3.83. The van der Waals surface area contributed by atoms with E-state index in [2.05, 4.69) is 0 Å². The van der Waals surface area contributed by atoms with Crippen LogP contribution in [0.1, 0.15) is 32.7 Å². The maximum atomic E-state index is 13.8. The quantitative estimate of drug-likeness (QED) is 0.399. The van der Waals surface area contributed by atoms with E-state index in [-0.39, 0.29) is 20.5 Å². The minimum Gasteiger partial charge on any atom is -0.330 e. The molecule has 0 saturated carbocycles. The smallest absolute Gasteiger partial charge is 0.330 e. The van der Waals surface area contributed by atoms with E-state index in [1.54, 1.807) is 18.2 Å². The molecule has 0 atom stereocenters. The van der Waals surface area contributed by atoms with Gasteiger partial charge in [0.2, 0.25) is 0 Å². The molecule has 2 aromatic carbocycles. The van der Waals surface area contributed by atoms with Gasteiger partial charge in [0.05, 0.1) is 10.0 Å². The first-order valence-electron chi connectivity index (χ1n) is 9.38. The van der Waals surface area contributed by atoms with Gasteiger partial charge < -0.3 is 9.88 Å². The number of aromatic amines is 1. The Bertz CT molecular complexity index is 1270. The fourth-order valence-corrected chi connectivity index (χ4v) is 5.23. The molecule has 0 saturated heterocycles. The number of fused-ring (bicyclic) bond motifs is 1. The average molecular weight is 516 g/mol. The highest BCUT2D eigenvalue weighted by molar-refractivity contribution is 7.99. The predicted octanol–water partition coefficient (Wildman–Crippen LogP) is 6.59. The van der Waals surface area contributed by atoms with Gasteiger partial charge in [-0.15, -0.1) is 0 Å². The Hall–Kier alpha value is -2.06. The number of aryl methyl sites for hydroxylation is 1. The third kappa shape index (κ3) is 4.53. The number of carbonyl (C=O) groups excluding carboxylic acids is 1. The molecule has 0 radical (unpaired) electrons. The molecule has 0 spiro atoms. The molecule has 0 aliphatic carbocycles. The molecule has 1 aromatic heterocycles. The van der Waals surface area contributed by atoms with E-state index in [4.69, 9.17) is 34.8 Å². The lowest BCUT2D eigenvalue weighted by Crippen LogP contribution is -2.32. The topological polar surface area (TPSA) is 53.2 Å². The van der Waals surface area contributed by atoms with Crippen LogP contribution >= 0.6 is 46.6 Å². The summed E-state index contributed by atoms with van der Waals surface area (Å²) in [5.74, 6) is -0.588. The fourth-order valence-electron chi connectivity index (χ4n) is 3.49. The van der Waals surface area contributed by atoms with Gasteiger partial charge in [-0.05, 0) is 47.9 Å². The van der Waals surface area contributed by atoms with Crippen LogP contribution in [-0.4, -0.2) is 15.8 Å². The number of hydrogen-bond donors (Lipinski definition) is 1. The van der Waals surface area contributed by atoms with Gasteiger partial charge in [0.15, 0.2) is 0 Å². The zero-order chi connectivity index (χ0) is 23.2. The van der Waals surface area contributed by atoms with Crippen molar-refractivity contribution in [2.45, 2.75) is 35.2 Å². The number of alkyl halides is 3. The van der Waals surface area contributed by atoms with Gasteiger partial charge >= 0.3 is 5.38 Å². The Morgan fingerprint density at radius 3 is 2.41 bits per heavy atom. The highest BCUT2D eigenvalue weighted by Gasteiger charge is 2.34. The van der Waals surface area contributed by atoms with Crippen molar-refractivity contribution in [3.63, 3.8) is 0 Å². The van der Waals surface area contributed by atoms with Crippen LogP contribution in [0.3, 0.4) is 0 Å². The van der Waals surface area contributed by atoms with Crippen LogP contribution in [-0.2, 0) is 18.5 Å². The summed E-state index contributed by atoms with van der Waals surface area (Å²) < 4.78 is 27.6. The average Bonchev–Trinajstić information content (AvgIpc) is 3.12. The molecule has 2 heterocycles. The first-order valence-corrected chi connectivity index (χ1v) is 11.3. The number of aromatic nitrogens is 1. The van der Waals surface area contributed by atoms with E-state index >= 15 is 0 Å². The van der Waals surface area contributed by atoms with E-state index in [9.17, 15) is 18.4 Å². The van der Waals surface area contributed by atoms with Crippen molar-refractivity contribution in [2.75, 3.05) is 0 Å². The molecule has 1 amide bonds. The Balaban J connectivity index is 1.79. The van der Waals surface area contributed by atoms with Gasteiger partial charge in [-0.25, -0.2) is 0 Å². The van der Waals surface area contributed by atoms with Gasteiger partial charge in [-0.3, -0.25) is 9.59 Å². The summed E-state index contributed by atoms with van der Waals surface area (Å²) in [5.41, 5.74) is 0.918. The molecule has 1 N–H and O–H groups in total. The van der Waals surface area contributed by atoms with Crippen molar-refractivity contribution in [2.24, 2.45) is 0 Å². The molecule has 0 fully saturated rings. The number of benzene rings is 2. The molecule has 1 aliphatic heterocycles. The van der Waals surface area contributed by atoms with Gasteiger partial charge in [-0.1, -0.05) is 64.8 Å². The van der Waals surface area contributed by atoms with Crippen molar-refractivity contribution < 1.29 is 13.6 Å². The Labute approximate surface area is 201 Å². The predicted molar refractivity (Wildman–Crippen MR) is 122 cm³/mol. The van der Waals surface area contributed by atoms with Crippen LogP contribution in [0.2, 0.25) is 10.0 Å². The van der Waals surface area contributed by atoms with Crippen LogP contribution < -0.4 is 5.56 Å². The largest absolute Gasteiger partial charge is 0.362 e. The second kappa shape index (κ2) is 8.71. The van der Waals surface area contributed by atoms with Crippen molar-refractivity contribution in [1.82, 2.24) is 9.88 Å². The molecule has 1 aliphatic rings. The number of amides is 1. The Kier molecular flexibility index (Phi) is 6.29. The Morgan fingerprint density at radius 1 is 1.09 bits per heavy atom. The van der Waals surface area contributed by atoms with Gasteiger partial charge in [0.1, 0.15) is 11.3 Å². The highest BCUT2D eigenvalue weighted by atomic mass is 35.5. The number of hydrogen-bond acceptors (Lipinski definition) is 3. The number of nitrogens with one attached hydrogen (secondary N) is 1. The molecule has 0 bridgehead atoms. The molecule has 4 rings (SSSR count). The molecular weight excluding hydrogens is 501 g/mol. The maximum absolute atomic E-state index is 13.8. The lowest BCUT2D eigenvalue weighted by Gasteiger charge is -2.19. The van der Waals surface area contributed by atoms with E-state index in [1.165, 1.54) is 4.90 Å². The highest BCUT2D eigenvalue weighted by Crippen LogP contribution is 2.41. The number of halogens is 5.